The van der Waals surface area contributed by atoms with Crippen molar-refractivity contribution in [3.63, 3.8) is 0 Å². The summed E-state index contributed by atoms with van der Waals surface area (Å²) in [7, 11) is 1.96. The molecule has 1 aromatic rings. The number of aromatic nitrogens is 2. The van der Waals surface area contributed by atoms with Gasteiger partial charge in [0.05, 0.1) is 5.69 Å². The smallest absolute Gasteiger partial charge is 0.226 e. The van der Waals surface area contributed by atoms with Gasteiger partial charge in [-0.05, 0) is 38.2 Å². The maximum absolute atomic E-state index is 12.5. The van der Waals surface area contributed by atoms with Crippen LogP contribution in [-0.2, 0) is 11.8 Å². The van der Waals surface area contributed by atoms with Crippen molar-refractivity contribution in [1.82, 2.24) is 14.7 Å². The van der Waals surface area contributed by atoms with Gasteiger partial charge in [-0.25, -0.2) is 0 Å². The lowest BCUT2D eigenvalue weighted by Crippen LogP contribution is -2.41. The molecule has 1 aromatic heterocycles. The maximum Gasteiger partial charge on any atom is 0.226 e. The number of nitrogens with zero attached hydrogens (tertiary/aromatic N) is 3. The number of aryl methyl sites for hydroxylation is 1. The fourth-order valence-corrected chi connectivity index (χ4v) is 3.32. The Morgan fingerprint density at radius 3 is 2.65 bits per heavy atom. The van der Waals surface area contributed by atoms with Crippen molar-refractivity contribution in [2.24, 2.45) is 13.0 Å². The summed E-state index contributed by atoms with van der Waals surface area (Å²) in [4.78, 5) is 14.5. The van der Waals surface area contributed by atoms with Crippen molar-refractivity contribution in [3.8, 4) is 0 Å². The molecule has 1 fully saturated rings. The molecule has 1 aliphatic heterocycles. The van der Waals surface area contributed by atoms with Gasteiger partial charge in [0.2, 0.25) is 5.91 Å². The highest BCUT2D eigenvalue weighted by Gasteiger charge is 2.29. The van der Waals surface area contributed by atoms with E-state index in [1.807, 2.05) is 17.9 Å². The van der Waals surface area contributed by atoms with Crippen molar-refractivity contribution >= 4 is 5.91 Å². The lowest BCUT2D eigenvalue weighted by atomic mass is 9.90. The lowest BCUT2D eigenvalue weighted by molar-refractivity contribution is -0.136. The number of hydrogen-bond donors (Lipinski definition) is 0. The molecule has 0 spiro atoms. The zero-order chi connectivity index (χ0) is 13.9. The first-order chi connectivity index (χ1) is 9.74. The SMILES string of the molecule is Cn1ccc(C2CCN(C(=O)[C@H]3CC=CCC3)CC2)n1. The fraction of sp³-hybridized carbons (Fsp3) is 0.625. The van der Waals surface area contributed by atoms with Crippen LogP contribution in [0.4, 0.5) is 0 Å². The average molecular weight is 273 g/mol. The molecular formula is C16H23N3O. The molecule has 3 rings (SSSR count). The predicted molar refractivity (Wildman–Crippen MR) is 78.2 cm³/mol. The number of likely N-dealkylation sites (tertiary alicyclic amines) is 1. The molecule has 4 nitrogen and oxygen atoms in total. The zero-order valence-corrected chi connectivity index (χ0v) is 12.2. The number of rotatable bonds is 2. The fourth-order valence-electron chi connectivity index (χ4n) is 3.32. The van der Waals surface area contributed by atoms with Crippen molar-refractivity contribution in [2.45, 2.75) is 38.0 Å². The molecule has 0 unspecified atom stereocenters. The summed E-state index contributed by atoms with van der Waals surface area (Å²) in [5.41, 5.74) is 1.18. The van der Waals surface area contributed by atoms with E-state index in [1.54, 1.807) is 0 Å². The van der Waals surface area contributed by atoms with Crippen molar-refractivity contribution in [1.29, 1.82) is 0 Å². The highest BCUT2D eigenvalue weighted by atomic mass is 16.2. The summed E-state index contributed by atoms with van der Waals surface area (Å²) in [6.07, 6.45) is 11.5. The lowest BCUT2D eigenvalue weighted by Gasteiger charge is -2.34. The summed E-state index contributed by atoms with van der Waals surface area (Å²) >= 11 is 0. The molecule has 0 N–H and O–H groups in total. The summed E-state index contributed by atoms with van der Waals surface area (Å²) in [6.45, 7) is 1.78. The highest BCUT2D eigenvalue weighted by molar-refractivity contribution is 5.79. The van der Waals surface area contributed by atoms with Gasteiger partial charge in [-0.15, -0.1) is 0 Å². The second kappa shape index (κ2) is 5.81. The minimum Gasteiger partial charge on any atom is -0.342 e. The van der Waals surface area contributed by atoms with Gasteiger partial charge in [-0.1, -0.05) is 12.2 Å². The van der Waals surface area contributed by atoms with E-state index in [0.717, 1.165) is 45.2 Å². The first-order valence-electron chi connectivity index (χ1n) is 7.67. The molecule has 2 heterocycles. The first-order valence-corrected chi connectivity index (χ1v) is 7.67. The van der Waals surface area contributed by atoms with Gasteiger partial charge < -0.3 is 4.90 Å². The van der Waals surface area contributed by atoms with Crippen molar-refractivity contribution < 1.29 is 4.79 Å². The summed E-state index contributed by atoms with van der Waals surface area (Å²) < 4.78 is 1.86. The molecule has 20 heavy (non-hydrogen) atoms. The second-order valence-electron chi connectivity index (χ2n) is 6.00. The van der Waals surface area contributed by atoms with Crippen LogP contribution in [0.2, 0.25) is 0 Å². The quantitative estimate of drug-likeness (QED) is 0.776. The average Bonchev–Trinajstić information content (AvgIpc) is 2.94. The molecule has 2 aliphatic rings. The largest absolute Gasteiger partial charge is 0.342 e. The third kappa shape index (κ3) is 2.79. The van der Waals surface area contributed by atoms with Crippen LogP contribution in [0.3, 0.4) is 0 Å². The molecule has 4 heteroatoms. The van der Waals surface area contributed by atoms with Gasteiger partial charge in [0.1, 0.15) is 0 Å². The molecular weight excluding hydrogens is 250 g/mol. The summed E-state index contributed by atoms with van der Waals surface area (Å²) in [6, 6.07) is 2.11. The number of hydrogen-bond acceptors (Lipinski definition) is 2. The molecule has 0 radical (unpaired) electrons. The van der Waals surface area contributed by atoms with Crippen LogP contribution in [0, 0.1) is 5.92 Å². The highest BCUT2D eigenvalue weighted by Crippen LogP contribution is 2.29. The number of piperidine rings is 1. The van der Waals surface area contributed by atoms with Crippen LogP contribution < -0.4 is 0 Å². The van der Waals surface area contributed by atoms with E-state index in [2.05, 4.69) is 28.2 Å². The minimum absolute atomic E-state index is 0.228. The zero-order valence-electron chi connectivity index (χ0n) is 12.2. The van der Waals surface area contributed by atoms with Crippen LogP contribution in [0.5, 0.6) is 0 Å². The Morgan fingerprint density at radius 2 is 2.05 bits per heavy atom. The van der Waals surface area contributed by atoms with Crippen molar-refractivity contribution in [2.75, 3.05) is 13.1 Å². The van der Waals surface area contributed by atoms with Crippen molar-refractivity contribution in [3.05, 3.63) is 30.1 Å². The molecule has 1 saturated heterocycles. The van der Waals surface area contributed by atoms with Gasteiger partial charge >= 0.3 is 0 Å². The molecule has 1 aliphatic carbocycles. The van der Waals surface area contributed by atoms with Crippen LogP contribution in [0.25, 0.3) is 0 Å². The summed E-state index contributed by atoms with van der Waals surface area (Å²) in [5.74, 6) is 1.12. The van der Waals surface area contributed by atoms with E-state index < -0.39 is 0 Å². The van der Waals surface area contributed by atoms with E-state index in [0.29, 0.717) is 11.8 Å². The van der Waals surface area contributed by atoms with Gasteiger partial charge in [0.15, 0.2) is 0 Å². The Hall–Kier alpha value is -1.58. The minimum atomic E-state index is 0.228. The Morgan fingerprint density at radius 1 is 1.25 bits per heavy atom. The Kier molecular flexibility index (Phi) is 3.90. The Labute approximate surface area is 120 Å². The molecule has 1 atom stereocenters. The van der Waals surface area contributed by atoms with E-state index >= 15 is 0 Å². The third-order valence-electron chi connectivity index (χ3n) is 4.58. The third-order valence-corrected chi connectivity index (χ3v) is 4.58. The number of carbonyl (C=O) groups excluding carboxylic acids is 1. The van der Waals surface area contributed by atoms with Gasteiger partial charge in [-0.2, -0.15) is 5.10 Å². The Bertz CT molecular complexity index is 498. The normalized spacial score (nSPS) is 24.1. The number of amides is 1. The Balaban J connectivity index is 1.55. The van der Waals surface area contributed by atoms with Crippen LogP contribution in [0.15, 0.2) is 24.4 Å². The van der Waals surface area contributed by atoms with E-state index in [4.69, 9.17) is 0 Å². The predicted octanol–water partition coefficient (Wildman–Crippen LogP) is 2.48. The van der Waals surface area contributed by atoms with Crippen LogP contribution in [0.1, 0.15) is 43.7 Å². The first kappa shape index (κ1) is 13.4. The standard InChI is InChI=1S/C16H23N3O/c1-18-10-9-15(17-18)13-7-11-19(12-8-13)16(20)14-5-3-2-4-6-14/h2-3,9-10,13-14H,4-8,11-12H2,1H3/t14-/m0/s1. The van der Waals surface area contributed by atoms with E-state index in [-0.39, 0.29) is 5.92 Å². The van der Waals surface area contributed by atoms with Crippen LogP contribution in [-0.4, -0.2) is 33.7 Å². The summed E-state index contributed by atoms with van der Waals surface area (Å²) in [5, 5.41) is 4.50. The molecule has 0 saturated carbocycles. The molecule has 0 bridgehead atoms. The monoisotopic (exact) mass is 273 g/mol. The van der Waals surface area contributed by atoms with E-state index in [1.165, 1.54) is 5.69 Å². The van der Waals surface area contributed by atoms with Gasteiger partial charge in [0, 0.05) is 38.2 Å². The van der Waals surface area contributed by atoms with Gasteiger partial charge in [0.25, 0.3) is 0 Å². The van der Waals surface area contributed by atoms with Crippen LogP contribution >= 0.6 is 0 Å². The molecule has 0 aromatic carbocycles. The number of allylic oxidation sites excluding steroid dienone is 2. The second-order valence-corrected chi connectivity index (χ2v) is 6.00. The number of carbonyl (C=O) groups is 1. The van der Waals surface area contributed by atoms with E-state index in [9.17, 15) is 4.79 Å². The molecule has 108 valence electrons. The topological polar surface area (TPSA) is 38.1 Å². The molecule has 1 amide bonds. The maximum atomic E-state index is 12.5. The van der Waals surface area contributed by atoms with Gasteiger partial charge in [-0.3, -0.25) is 9.48 Å².